The molecule has 1 fully saturated rings. The highest BCUT2D eigenvalue weighted by atomic mass is 16.5. The molecular formula is C28H34N4O4. The number of nitrogens with zero attached hydrogens (tertiary/aromatic N) is 3. The Hall–Kier alpha value is -3.52. The number of likely N-dealkylation sites (N-methyl/N-ethyl adjacent to an activating group) is 1. The molecule has 0 bridgehead atoms. The van der Waals surface area contributed by atoms with E-state index in [-0.39, 0.29) is 24.1 Å². The number of amides is 2. The summed E-state index contributed by atoms with van der Waals surface area (Å²) < 4.78 is 5.48. The zero-order valence-corrected chi connectivity index (χ0v) is 21.4. The molecule has 5 rings (SSSR count). The van der Waals surface area contributed by atoms with Gasteiger partial charge in [-0.3, -0.25) is 9.59 Å². The zero-order chi connectivity index (χ0) is 25.6. The normalized spacial score (nSPS) is 21.8. The van der Waals surface area contributed by atoms with E-state index in [0.29, 0.717) is 13.0 Å². The van der Waals surface area contributed by atoms with Crippen LogP contribution in [0.25, 0.3) is 10.9 Å². The predicted molar refractivity (Wildman–Crippen MR) is 138 cm³/mol. The van der Waals surface area contributed by atoms with Crippen LogP contribution in [-0.4, -0.2) is 82.0 Å². The van der Waals surface area contributed by atoms with Crippen molar-refractivity contribution in [3.8, 4) is 11.5 Å². The van der Waals surface area contributed by atoms with Gasteiger partial charge in [0.1, 0.15) is 17.0 Å². The number of H-pyrrole nitrogens is 1. The van der Waals surface area contributed by atoms with Gasteiger partial charge in [-0.1, -0.05) is 26.0 Å². The molecule has 0 unspecified atom stereocenters. The van der Waals surface area contributed by atoms with Crippen LogP contribution in [0.2, 0.25) is 0 Å². The molecule has 2 aliphatic heterocycles. The molecule has 0 radical (unpaired) electrons. The van der Waals surface area contributed by atoms with Gasteiger partial charge in [0.2, 0.25) is 11.8 Å². The number of carbonyl (C=O) groups is 2. The minimum atomic E-state index is -1.06. The summed E-state index contributed by atoms with van der Waals surface area (Å²) in [5.74, 6) is 0.725. The first-order valence-corrected chi connectivity index (χ1v) is 12.6. The Bertz CT molecular complexity index is 1310. The lowest BCUT2D eigenvalue weighted by Crippen LogP contribution is -2.70. The zero-order valence-electron chi connectivity index (χ0n) is 21.4. The van der Waals surface area contributed by atoms with Crippen molar-refractivity contribution in [3.05, 3.63) is 59.3 Å². The van der Waals surface area contributed by atoms with Crippen molar-refractivity contribution in [1.29, 1.82) is 0 Å². The second-order valence-corrected chi connectivity index (χ2v) is 9.89. The van der Waals surface area contributed by atoms with E-state index in [9.17, 15) is 14.7 Å². The van der Waals surface area contributed by atoms with E-state index in [1.54, 1.807) is 35.1 Å². The predicted octanol–water partition coefficient (Wildman–Crippen LogP) is 3.30. The highest BCUT2D eigenvalue weighted by Gasteiger charge is 2.56. The molecule has 0 spiro atoms. The Balaban J connectivity index is 1.64. The first-order chi connectivity index (χ1) is 17.3. The van der Waals surface area contributed by atoms with Crippen molar-refractivity contribution in [2.24, 2.45) is 0 Å². The molecule has 1 saturated heterocycles. The third-order valence-electron chi connectivity index (χ3n) is 7.84. The van der Waals surface area contributed by atoms with Crippen LogP contribution in [0.3, 0.4) is 0 Å². The number of phenols is 1. The molecule has 2 atom stereocenters. The topological polar surface area (TPSA) is 89.1 Å². The molecule has 8 nitrogen and oxygen atoms in total. The van der Waals surface area contributed by atoms with E-state index in [1.807, 2.05) is 31.2 Å². The van der Waals surface area contributed by atoms with Crippen molar-refractivity contribution < 1.29 is 19.4 Å². The number of aromatic amines is 1. The molecule has 0 saturated carbocycles. The van der Waals surface area contributed by atoms with Crippen LogP contribution in [0.5, 0.6) is 11.5 Å². The quantitative estimate of drug-likeness (QED) is 0.531. The maximum absolute atomic E-state index is 14.1. The molecule has 190 valence electrons. The lowest BCUT2D eigenvalue weighted by atomic mass is 9.78. The lowest BCUT2D eigenvalue weighted by molar-refractivity contribution is -0.167. The number of methoxy groups -OCH3 is 1. The van der Waals surface area contributed by atoms with Crippen molar-refractivity contribution >= 4 is 22.7 Å². The molecule has 3 heterocycles. The number of carbonyl (C=O) groups excluding carboxylic acids is 2. The Morgan fingerprint density at radius 3 is 2.64 bits per heavy atom. The number of hydrogen-bond donors (Lipinski definition) is 2. The van der Waals surface area contributed by atoms with Crippen LogP contribution in [0.4, 0.5) is 0 Å². The van der Waals surface area contributed by atoms with Crippen LogP contribution >= 0.6 is 0 Å². The van der Waals surface area contributed by atoms with Crippen molar-refractivity contribution in [2.75, 3.05) is 39.8 Å². The largest absolute Gasteiger partial charge is 0.508 e. The number of hydrogen-bond acceptors (Lipinski definition) is 5. The van der Waals surface area contributed by atoms with E-state index in [4.69, 9.17) is 4.74 Å². The van der Waals surface area contributed by atoms with Gasteiger partial charge in [0.05, 0.1) is 19.7 Å². The van der Waals surface area contributed by atoms with Gasteiger partial charge < -0.3 is 29.5 Å². The average Bonchev–Trinajstić information content (AvgIpc) is 3.23. The minimum Gasteiger partial charge on any atom is -0.508 e. The van der Waals surface area contributed by atoms with Gasteiger partial charge in [-0.05, 0) is 61.5 Å². The number of rotatable bonds is 7. The lowest BCUT2D eigenvalue weighted by Gasteiger charge is -2.53. The molecule has 3 aromatic rings. The molecule has 0 aliphatic carbocycles. The minimum absolute atomic E-state index is 0.0395. The number of nitrogens with one attached hydrogen (secondary N) is 1. The summed E-state index contributed by atoms with van der Waals surface area (Å²) in [5, 5.41) is 11.3. The number of phenolic OH excluding ortho intramolecular Hbond substituents is 1. The van der Waals surface area contributed by atoms with Crippen LogP contribution in [0.15, 0.2) is 42.5 Å². The number of piperazine rings is 1. The molecule has 36 heavy (non-hydrogen) atoms. The van der Waals surface area contributed by atoms with Gasteiger partial charge in [-0.15, -0.1) is 0 Å². The fourth-order valence-electron chi connectivity index (χ4n) is 5.88. The molecule has 1 aromatic heterocycles. The summed E-state index contributed by atoms with van der Waals surface area (Å²) in [6.07, 6.45) is 0.400. The molecular weight excluding hydrogens is 456 g/mol. The Morgan fingerprint density at radius 1 is 1.17 bits per heavy atom. The Morgan fingerprint density at radius 2 is 1.94 bits per heavy atom. The first-order valence-electron chi connectivity index (χ1n) is 12.6. The summed E-state index contributed by atoms with van der Waals surface area (Å²) >= 11 is 0. The molecule has 2 aliphatic rings. The van der Waals surface area contributed by atoms with Gasteiger partial charge in [0.25, 0.3) is 0 Å². The highest BCUT2D eigenvalue weighted by molar-refractivity contribution is 6.00. The second kappa shape index (κ2) is 9.17. The molecule has 2 amide bonds. The second-order valence-electron chi connectivity index (χ2n) is 9.89. The number of benzene rings is 2. The summed E-state index contributed by atoms with van der Waals surface area (Å²) in [7, 11) is 1.63. The van der Waals surface area contributed by atoms with Crippen molar-refractivity contribution in [1.82, 2.24) is 19.7 Å². The van der Waals surface area contributed by atoms with Crippen LogP contribution in [0.1, 0.15) is 43.6 Å². The number of aromatic nitrogens is 1. The number of fused-ring (bicyclic) bond motifs is 4. The van der Waals surface area contributed by atoms with Gasteiger partial charge >= 0.3 is 0 Å². The monoisotopic (exact) mass is 490 g/mol. The van der Waals surface area contributed by atoms with Gasteiger partial charge in [0, 0.05) is 36.1 Å². The Labute approximate surface area is 211 Å². The summed E-state index contributed by atoms with van der Waals surface area (Å²) in [5.41, 5.74) is 2.51. The average molecular weight is 491 g/mol. The molecule has 2 N–H and O–H groups in total. The van der Waals surface area contributed by atoms with Crippen molar-refractivity contribution in [2.45, 2.75) is 38.8 Å². The van der Waals surface area contributed by atoms with Crippen molar-refractivity contribution in [3.63, 3.8) is 0 Å². The molecule has 2 aromatic carbocycles. The van der Waals surface area contributed by atoms with E-state index < -0.39 is 11.6 Å². The standard InChI is InChI=1S/C28H34N4O4/c1-5-30(6-2)12-13-31-17-24(34)32-26(18-8-7-9-19(33)14-18)25-22(16-28(32,3)27(31)35)21-15-20(36-4)10-11-23(21)29-25/h7-11,14-15,26,29,33H,5-6,12-13,16-17H2,1-4H3/t26-,28+/m1/s1. The van der Waals surface area contributed by atoms with Crippen LogP contribution < -0.4 is 4.74 Å². The molecule has 8 heteroatoms. The van der Waals surface area contributed by atoms with Gasteiger partial charge in [-0.2, -0.15) is 0 Å². The third kappa shape index (κ3) is 3.80. The highest BCUT2D eigenvalue weighted by Crippen LogP contribution is 2.47. The van der Waals surface area contributed by atoms with Gasteiger partial charge in [0.15, 0.2) is 0 Å². The van der Waals surface area contributed by atoms with Gasteiger partial charge in [-0.25, -0.2) is 0 Å². The number of aromatic hydroxyl groups is 1. The summed E-state index contributed by atoms with van der Waals surface area (Å²) in [6, 6.07) is 12.3. The van der Waals surface area contributed by atoms with E-state index in [1.165, 1.54) is 0 Å². The van der Waals surface area contributed by atoms with E-state index in [0.717, 1.165) is 53.1 Å². The fraction of sp³-hybridized carbons (Fsp3) is 0.429. The third-order valence-corrected chi connectivity index (χ3v) is 7.84. The van der Waals surface area contributed by atoms with E-state index in [2.05, 4.69) is 23.7 Å². The summed E-state index contributed by atoms with van der Waals surface area (Å²) in [4.78, 5) is 37.1. The maximum Gasteiger partial charge on any atom is 0.249 e. The maximum atomic E-state index is 14.1. The summed E-state index contributed by atoms with van der Waals surface area (Å²) in [6.45, 7) is 9.18. The van der Waals surface area contributed by atoms with Crippen LogP contribution in [-0.2, 0) is 16.0 Å². The van der Waals surface area contributed by atoms with E-state index >= 15 is 0 Å². The SMILES string of the molecule is CCN(CC)CCN1CC(=O)N2[C@H](c3cccc(O)c3)c3[nH]c4ccc(OC)cc4c3C[C@@]2(C)C1=O. The smallest absolute Gasteiger partial charge is 0.249 e. The Kier molecular flexibility index (Phi) is 6.16. The first kappa shape index (κ1) is 24.2. The fourth-order valence-corrected chi connectivity index (χ4v) is 5.88. The number of ether oxygens (including phenoxy) is 1. The van der Waals surface area contributed by atoms with Crippen LogP contribution in [0, 0.1) is 0 Å².